The van der Waals surface area contributed by atoms with Gasteiger partial charge < -0.3 is 4.74 Å². The maximum Gasteiger partial charge on any atom is 0.417 e. The molecule has 0 heterocycles. The summed E-state index contributed by atoms with van der Waals surface area (Å²) in [4.78, 5) is 12.2. The van der Waals surface area contributed by atoms with Gasteiger partial charge in [-0.1, -0.05) is 31.5 Å². The number of benzene rings is 2. The van der Waals surface area contributed by atoms with Gasteiger partial charge in [-0.25, -0.2) is 4.79 Å². The number of carbonyl (C=O) groups excluding carboxylic acids is 1. The van der Waals surface area contributed by atoms with Gasteiger partial charge in [-0.2, -0.15) is 26.3 Å². The van der Waals surface area contributed by atoms with Crippen molar-refractivity contribution in [3.8, 4) is 5.75 Å². The zero-order valence-electron chi connectivity index (χ0n) is 13.5. The number of alkyl halides is 6. The monoisotopic (exact) mass is 376 g/mol. The van der Waals surface area contributed by atoms with Crippen LogP contribution in [0.1, 0.15) is 40.4 Å². The lowest BCUT2D eigenvalue weighted by Gasteiger charge is -2.16. The van der Waals surface area contributed by atoms with Crippen LogP contribution in [0.4, 0.5) is 26.3 Å². The molecule has 0 N–H and O–H groups in total. The molecule has 0 aliphatic carbocycles. The Morgan fingerprint density at radius 2 is 1.62 bits per heavy atom. The molecule has 0 aliphatic heterocycles. The van der Waals surface area contributed by atoms with Crippen LogP contribution in [0.2, 0.25) is 0 Å². The lowest BCUT2D eigenvalue weighted by molar-refractivity contribution is -0.141. The van der Waals surface area contributed by atoms with Gasteiger partial charge >= 0.3 is 18.3 Å². The number of ether oxygens (including phenoxy) is 1. The van der Waals surface area contributed by atoms with E-state index in [1.807, 2.05) is 6.92 Å². The van der Waals surface area contributed by atoms with E-state index < -0.39 is 35.0 Å². The molecule has 0 saturated heterocycles. The number of halogens is 6. The molecule has 2 rings (SSSR count). The van der Waals surface area contributed by atoms with Gasteiger partial charge in [-0.3, -0.25) is 0 Å². The predicted octanol–water partition coefficient (Wildman–Crippen LogP) is 5.90. The fourth-order valence-corrected chi connectivity index (χ4v) is 2.37. The smallest absolute Gasteiger partial charge is 0.417 e. The number of hydrogen-bond acceptors (Lipinski definition) is 2. The third kappa shape index (κ3) is 4.56. The van der Waals surface area contributed by atoms with E-state index in [1.165, 1.54) is 12.1 Å². The number of hydrogen-bond donors (Lipinski definition) is 0. The summed E-state index contributed by atoms with van der Waals surface area (Å²) in [6, 6.07) is 6.86. The van der Waals surface area contributed by atoms with E-state index in [-0.39, 0.29) is 23.9 Å². The fourth-order valence-electron chi connectivity index (χ4n) is 2.37. The molecule has 2 nitrogen and oxygen atoms in total. The summed E-state index contributed by atoms with van der Waals surface area (Å²) in [7, 11) is 0. The van der Waals surface area contributed by atoms with Crippen molar-refractivity contribution in [3.63, 3.8) is 0 Å². The molecule has 0 fully saturated rings. The first-order valence-corrected chi connectivity index (χ1v) is 7.62. The Kier molecular flexibility index (Phi) is 5.63. The first-order valence-electron chi connectivity index (χ1n) is 7.62. The second kappa shape index (κ2) is 7.39. The number of para-hydroxylation sites is 1. The van der Waals surface area contributed by atoms with Crippen LogP contribution in [0.15, 0.2) is 42.5 Å². The summed E-state index contributed by atoms with van der Waals surface area (Å²) in [6.07, 6.45) is -8.70. The van der Waals surface area contributed by atoms with Crippen molar-refractivity contribution in [1.29, 1.82) is 0 Å². The van der Waals surface area contributed by atoms with Crippen LogP contribution >= 0.6 is 0 Å². The Morgan fingerprint density at radius 1 is 0.962 bits per heavy atom. The molecule has 26 heavy (non-hydrogen) atoms. The summed E-state index contributed by atoms with van der Waals surface area (Å²) in [5.74, 6) is -1.48. The molecule has 8 heteroatoms. The van der Waals surface area contributed by atoms with E-state index >= 15 is 0 Å². The highest BCUT2D eigenvalue weighted by Gasteiger charge is 2.39. The molecule has 2 aromatic carbocycles. The van der Waals surface area contributed by atoms with Gasteiger partial charge in [0.25, 0.3) is 0 Å². The zero-order chi connectivity index (χ0) is 19.5. The van der Waals surface area contributed by atoms with Crippen molar-refractivity contribution >= 4 is 5.97 Å². The van der Waals surface area contributed by atoms with Crippen LogP contribution in [-0.2, 0) is 18.8 Å². The fraction of sp³-hybridized carbons (Fsp3) is 0.278. The van der Waals surface area contributed by atoms with E-state index in [0.29, 0.717) is 18.4 Å². The standard InChI is InChI=1S/C18H14F6O2/c1-2-5-11-6-3-4-7-15(11)26-16(25)13-10-12(17(19,20)21)8-9-14(13)18(22,23)24/h3-4,6-10H,2,5H2,1H3. The maximum atomic E-state index is 13.1. The Morgan fingerprint density at radius 3 is 2.19 bits per heavy atom. The maximum absolute atomic E-state index is 13.1. The molecule has 0 amide bonds. The van der Waals surface area contributed by atoms with Crippen molar-refractivity contribution in [2.75, 3.05) is 0 Å². The molecule has 140 valence electrons. The zero-order valence-corrected chi connectivity index (χ0v) is 13.5. The number of carbonyl (C=O) groups is 1. The van der Waals surface area contributed by atoms with Gasteiger partial charge in [0.2, 0.25) is 0 Å². The number of rotatable bonds is 4. The molecule has 0 radical (unpaired) electrons. The van der Waals surface area contributed by atoms with Gasteiger partial charge in [0, 0.05) is 0 Å². The molecule has 0 atom stereocenters. The quantitative estimate of drug-likeness (QED) is 0.378. The molecule has 0 unspecified atom stereocenters. The summed E-state index contributed by atoms with van der Waals surface area (Å²) in [5, 5.41) is 0. The van der Waals surface area contributed by atoms with E-state index in [0.717, 1.165) is 0 Å². The second-order valence-electron chi connectivity index (χ2n) is 5.50. The summed E-state index contributed by atoms with van der Waals surface area (Å²) < 4.78 is 82.7. The van der Waals surface area contributed by atoms with Crippen molar-refractivity contribution in [2.45, 2.75) is 32.1 Å². The average Bonchev–Trinajstić information content (AvgIpc) is 2.54. The van der Waals surface area contributed by atoms with Crippen molar-refractivity contribution < 1.29 is 35.9 Å². The van der Waals surface area contributed by atoms with Gasteiger partial charge in [0.1, 0.15) is 5.75 Å². The highest BCUT2D eigenvalue weighted by atomic mass is 19.4. The average molecular weight is 376 g/mol. The van der Waals surface area contributed by atoms with Crippen LogP contribution in [0.25, 0.3) is 0 Å². The Balaban J connectivity index is 2.47. The second-order valence-corrected chi connectivity index (χ2v) is 5.50. The number of esters is 1. The molecule has 2 aromatic rings. The van der Waals surface area contributed by atoms with Crippen LogP contribution < -0.4 is 4.74 Å². The van der Waals surface area contributed by atoms with Crippen LogP contribution in [-0.4, -0.2) is 5.97 Å². The van der Waals surface area contributed by atoms with E-state index in [1.54, 1.807) is 12.1 Å². The minimum Gasteiger partial charge on any atom is -0.423 e. The van der Waals surface area contributed by atoms with Gasteiger partial charge in [0.15, 0.2) is 0 Å². The lowest BCUT2D eigenvalue weighted by Crippen LogP contribution is -2.19. The number of aryl methyl sites for hydroxylation is 1. The molecule has 0 aromatic heterocycles. The Labute approximate surface area is 145 Å². The van der Waals surface area contributed by atoms with Crippen molar-refractivity contribution in [2.24, 2.45) is 0 Å². The van der Waals surface area contributed by atoms with Gasteiger partial charge in [-0.15, -0.1) is 0 Å². The lowest BCUT2D eigenvalue weighted by atomic mass is 10.0. The van der Waals surface area contributed by atoms with E-state index in [2.05, 4.69) is 0 Å². The van der Waals surface area contributed by atoms with Gasteiger partial charge in [-0.05, 0) is 36.2 Å². The van der Waals surface area contributed by atoms with E-state index in [9.17, 15) is 31.1 Å². The normalized spacial score (nSPS) is 12.1. The molecule has 0 saturated carbocycles. The molecule has 0 aliphatic rings. The predicted molar refractivity (Wildman–Crippen MR) is 81.8 cm³/mol. The third-order valence-electron chi connectivity index (χ3n) is 3.57. The first kappa shape index (κ1) is 19.8. The van der Waals surface area contributed by atoms with Crippen LogP contribution in [0.3, 0.4) is 0 Å². The minimum absolute atomic E-state index is 0.0184. The highest BCUT2D eigenvalue weighted by molar-refractivity contribution is 5.93. The Bertz CT molecular complexity index is 793. The largest absolute Gasteiger partial charge is 0.423 e. The molecule has 0 spiro atoms. The Hall–Kier alpha value is -2.51. The van der Waals surface area contributed by atoms with Crippen molar-refractivity contribution in [1.82, 2.24) is 0 Å². The van der Waals surface area contributed by atoms with E-state index in [4.69, 9.17) is 4.74 Å². The third-order valence-corrected chi connectivity index (χ3v) is 3.57. The summed E-state index contributed by atoms with van der Waals surface area (Å²) in [5.41, 5.74) is -3.45. The van der Waals surface area contributed by atoms with Gasteiger partial charge in [0.05, 0.1) is 16.7 Å². The minimum atomic E-state index is -5.00. The molecular formula is C18H14F6O2. The van der Waals surface area contributed by atoms with Crippen LogP contribution in [0.5, 0.6) is 5.75 Å². The molecule has 0 bridgehead atoms. The SMILES string of the molecule is CCCc1ccccc1OC(=O)c1cc(C(F)(F)F)ccc1C(F)(F)F. The molecular weight excluding hydrogens is 362 g/mol. The highest BCUT2D eigenvalue weighted by Crippen LogP contribution is 2.37. The summed E-state index contributed by atoms with van der Waals surface area (Å²) in [6.45, 7) is 1.85. The first-order chi connectivity index (χ1) is 12.0. The van der Waals surface area contributed by atoms with Crippen molar-refractivity contribution in [3.05, 3.63) is 64.7 Å². The summed E-state index contributed by atoms with van der Waals surface area (Å²) >= 11 is 0. The topological polar surface area (TPSA) is 26.3 Å². The van der Waals surface area contributed by atoms with Crippen LogP contribution in [0, 0.1) is 0 Å².